The summed E-state index contributed by atoms with van der Waals surface area (Å²) in [6.07, 6.45) is 11.8. The number of methoxy groups -OCH3 is 1. The van der Waals surface area contributed by atoms with Crippen LogP contribution in [0, 0.1) is 36.5 Å². The van der Waals surface area contributed by atoms with Gasteiger partial charge in [0.25, 0.3) is 0 Å². The Hall–Kier alpha value is -6.15. The molecule has 0 aliphatic rings. The second-order valence-electron chi connectivity index (χ2n) is 14.4. The van der Waals surface area contributed by atoms with Crippen molar-refractivity contribution in [3.8, 4) is 51.7 Å². The van der Waals surface area contributed by atoms with E-state index in [1.165, 1.54) is 11.4 Å². The van der Waals surface area contributed by atoms with E-state index >= 15 is 0 Å². The molecule has 7 aromatic rings. The van der Waals surface area contributed by atoms with Gasteiger partial charge >= 0.3 is 0 Å². The second-order valence-corrected chi connectivity index (χ2v) is 16.4. The third kappa shape index (κ3) is 15.8. The Morgan fingerprint density at radius 3 is 1.74 bits per heavy atom. The van der Waals surface area contributed by atoms with Crippen LogP contribution in [0.2, 0.25) is 0 Å². The topological polar surface area (TPSA) is 185 Å². The number of ketones is 1. The maximum atomic E-state index is 13.0. The molecule has 0 aliphatic carbocycles. The van der Waals surface area contributed by atoms with E-state index < -0.39 is 10.0 Å². The maximum Gasteiger partial charge on any atom is 0.243 e. The number of Topliss-reactive ketones (excluding diaryl/α,β-unsaturated/α-hetero) is 1. The normalized spacial score (nSPS) is 10.4. The first-order valence-electron chi connectivity index (χ1n) is 19.9. The van der Waals surface area contributed by atoms with Gasteiger partial charge in [-0.3, -0.25) is 4.79 Å². The Morgan fingerprint density at radius 1 is 0.815 bits per heavy atom. The van der Waals surface area contributed by atoms with Crippen molar-refractivity contribution in [2.24, 2.45) is 14.1 Å². The minimum absolute atomic E-state index is 0. The number of nitriles is 2. The number of carbonyl (C=O) groups is 1. The van der Waals surface area contributed by atoms with Crippen LogP contribution in [-0.4, -0.2) is 86.4 Å². The smallest absolute Gasteiger partial charge is 0.243 e. The van der Waals surface area contributed by atoms with Gasteiger partial charge < -0.3 is 23.6 Å². The molecule has 0 bridgehead atoms. The first kappa shape index (κ1) is 53.2. The van der Waals surface area contributed by atoms with Gasteiger partial charge in [0.1, 0.15) is 12.4 Å². The van der Waals surface area contributed by atoms with Crippen LogP contribution < -0.4 is 4.74 Å². The molecule has 14 nitrogen and oxygen atoms in total. The quantitative estimate of drug-likeness (QED) is 0.0627. The third-order valence-electron chi connectivity index (χ3n) is 9.64. The van der Waals surface area contributed by atoms with Gasteiger partial charge in [0.15, 0.2) is 5.78 Å². The van der Waals surface area contributed by atoms with Crippen LogP contribution in [0.25, 0.3) is 33.8 Å². The molecule has 3 heterocycles. The summed E-state index contributed by atoms with van der Waals surface area (Å²) in [5.74, 6) is 0.596. The van der Waals surface area contributed by atoms with Crippen LogP contribution in [0.4, 0.5) is 0 Å². The number of hydrogen-bond donors (Lipinski definition) is 1. The predicted octanol–water partition coefficient (Wildman–Crippen LogP) is 8.93. The molecular weight excluding hydrogens is 977 g/mol. The van der Waals surface area contributed by atoms with Crippen LogP contribution in [-0.2, 0) is 40.1 Å². The molecule has 17 heteroatoms. The number of aromatic amines is 1. The first-order valence-corrected chi connectivity index (χ1v) is 23.5. The van der Waals surface area contributed by atoms with Gasteiger partial charge in [0, 0.05) is 57.6 Å². The molecule has 4 aromatic carbocycles. The average Bonchev–Trinajstić information content (AvgIpc) is 4.12. The summed E-state index contributed by atoms with van der Waals surface area (Å²) in [6, 6.07) is 30.3. The van der Waals surface area contributed by atoms with Crippen LogP contribution in [0.5, 0.6) is 5.75 Å². The number of H-pyrrole nitrogens is 1. The first-order chi connectivity index (χ1) is 30.8. The van der Waals surface area contributed by atoms with Crippen molar-refractivity contribution >= 4 is 50.8 Å². The van der Waals surface area contributed by atoms with E-state index in [9.17, 15) is 13.2 Å². The van der Waals surface area contributed by atoms with Crippen molar-refractivity contribution in [3.05, 3.63) is 150 Å². The van der Waals surface area contributed by atoms with Gasteiger partial charge in [-0.25, -0.2) is 23.4 Å². The summed E-state index contributed by atoms with van der Waals surface area (Å²) in [4.78, 5) is 30.0. The molecular formula is C48H53ClIN9O5S. The van der Waals surface area contributed by atoms with Gasteiger partial charge in [-0.1, -0.05) is 71.1 Å². The zero-order chi connectivity index (χ0) is 46.6. The van der Waals surface area contributed by atoms with Crippen molar-refractivity contribution in [1.82, 2.24) is 33.4 Å². The van der Waals surface area contributed by atoms with Gasteiger partial charge in [-0.15, -0.1) is 12.4 Å². The van der Waals surface area contributed by atoms with Crippen molar-refractivity contribution in [3.63, 3.8) is 0 Å². The predicted molar refractivity (Wildman–Crippen MR) is 264 cm³/mol. The van der Waals surface area contributed by atoms with E-state index in [1.54, 1.807) is 82.5 Å². The Balaban J connectivity index is 0.000000304. The van der Waals surface area contributed by atoms with Gasteiger partial charge in [0.2, 0.25) is 10.0 Å². The van der Waals surface area contributed by atoms with E-state index in [-0.39, 0.29) is 42.8 Å². The fourth-order valence-electron chi connectivity index (χ4n) is 6.27. The zero-order valence-corrected chi connectivity index (χ0v) is 41.2. The van der Waals surface area contributed by atoms with Crippen LogP contribution in [0.15, 0.2) is 127 Å². The van der Waals surface area contributed by atoms with Crippen molar-refractivity contribution in [2.45, 2.75) is 31.6 Å². The van der Waals surface area contributed by atoms with E-state index in [0.29, 0.717) is 40.8 Å². The Bertz CT molecular complexity index is 2720. The molecule has 340 valence electrons. The minimum atomic E-state index is -3.69. The van der Waals surface area contributed by atoms with E-state index in [0.717, 1.165) is 39.3 Å². The molecule has 1 N–H and O–H groups in total. The van der Waals surface area contributed by atoms with E-state index in [1.807, 2.05) is 89.1 Å². The molecule has 0 spiro atoms. The molecule has 0 unspecified atom stereocenters. The van der Waals surface area contributed by atoms with Crippen LogP contribution >= 0.6 is 35.0 Å². The highest BCUT2D eigenvalue weighted by atomic mass is 127. The van der Waals surface area contributed by atoms with E-state index in [4.69, 9.17) is 20.0 Å². The molecule has 0 radical (unpaired) electrons. The molecule has 0 saturated carbocycles. The Labute approximate surface area is 401 Å². The number of alkyl halides is 1. The summed E-state index contributed by atoms with van der Waals surface area (Å²) >= 11 is 2.15. The standard InChI is InChI=1S/C26H33N3O5S.C11H9N3.C10H7N3.CH3I.ClH/c1-19-14-24(33-5)15-20(2)26(19)35(31,32)29(4)12-13-34-17-23(30)11-8-21-6-9-22(10-7-21)25-16-28(3)18-27-25;1-14-7-11(13-8-14)10-4-2-9(6-12)3-5-10;11-5-8-1-3-9(4-2-8)10-6-12-7-13-10;1-2;/h6-7,9-10,14-16,18H,8,11-13,17H2,1-5H3;2-5,7-8H,1H3;1-4,6-7H,(H,12,13);1H3;1H. The second kappa shape index (κ2) is 26.6. The Morgan fingerprint density at radius 2 is 1.31 bits per heavy atom. The molecule has 0 amide bonds. The molecule has 0 fully saturated rings. The van der Waals surface area contributed by atoms with Gasteiger partial charge in [-0.05, 0) is 83.9 Å². The fraction of sp³-hybridized carbons (Fsp3) is 0.250. The number of nitrogens with zero attached hydrogens (tertiary/aromatic N) is 8. The lowest BCUT2D eigenvalue weighted by atomic mass is 10.0. The lowest BCUT2D eigenvalue weighted by molar-refractivity contribution is -0.123. The highest BCUT2D eigenvalue weighted by Gasteiger charge is 2.25. The maximum absolute atomic E-state index is 13.0. The highest BCUT2D eigenvalue weighted by Crippen LogP contribution is 2.28. The lowest BCUT2D eigenvalue weighted by Crippen LogP contribution is -2.31. The number of sulfonamides is 1. The average molecular weight is 1030 g/mol. The largest absolute Gasteiger partial charge is 0.497 e. The zero-order valence-electron chi connectivity index (χ0n) is 37.4. The Kier molecular flexibility index (Phi) is 21.8. The number of rotatable bonds is 14. The number of likely N-dealkylation sites (N-methyl/N-ethyl adjacent to an activating group) is 1. The molecule has 3 aromatic heterocycles. The number of ether oxygens (including phenoxy) is 2. The summed E-state index contributed by atoms with van der Waals surface area (Å²) < 4.78 is 41.8. The number of aromatic nitrogens is 6. The summed E-state index contributed by atoms with van der Waals surface area (Å²) in [5, 5.41) is 17.2. The molecule has 0 atom stereocenters. The van der Waals surface area contributed by atoms with Crippen molar-refractivity contribution in [1.29, 1.82) is 10.5 Å². The van der Waals surface area contributed by atoms with E-state index in [2.05, 4.69) is 54.7 Å². The SMILES string of the molecule is CI.COc1cc(C)c(S(=O)(=O)N(C)CCOCC(=O)CCc2ccc(-c3cn(C)cn3)cc2)c(C)c1.Cl.Cn1cnc(-c2ccc(C#N)cc2)c1.N#Cc1ccc(-c2cnc[nH]2)cc1. The van der Waals surface area contributed by atoms with Crippen molar-refractivity contribution < 1.29 is 22.7 Å². The van der Waals surface area contributed by atoms with Crippen LogP contribution in [0.3, 0.4) is 0 Å². The number of aryl methyl sites for hydroxylation is 5. The highest BCUT2D eigenvalue weighted by molar-refractivity contribution is 14.1. The van der Waals surface area contributed by atoms with Crippen molar-refractivity contribution in [2.75, 3.05) is 38.8 Å². The van der Waals surface area contributed by atoms with Gasteiger partial charge in [0.05, 0.1) is 84.1 Å². The number of benzene rings is 4. The third-order valence-corrected chi connectivity index (χ3v) is 11.8. The summed E-state index contributed by atoms with van der Waals surface area (Å²) in [6.45, 7) is 3.74. The monoisotopic (exact) mass is 1030 g/mol. The number of imidazole rings is 3. The molecule has 0 saturated heterocycles. The van der Waals surface area contributed by atoms with Crippen LogP contribution in [0.1, 0.15) is 34.2 Å². The summed E-state index contributed by atoms with van der Waals surface area (Å²) in [5.41, 5.74) is 9.55. The summed E-state index contributed by atoms with van der Waals surface area (Å²) in [7, 11) is 3.23. The number of carbonyl (C=O) groups excluding carboxylic acids is 1. The molecule has 0 aliphatic heterocycles. The fourth-order valence-corrected chi connectivity index (χ4v) is 7.82. The lowest BCUT2D eigenvalue weighted by Gasteiger charge is -2.20. The number of nitrogens with one attached hydrogen (secondary N) is 1. The molecule has 65 heavy (non-hydrogen) atoms. The number of hydrogen-bond acceptors (Lipinski definition) is 10. The minimum Gasteiger partial charge on any atom is -0.497 e. The number of halogens is 2. The van der Waals surface area contributed by atoms with Gasteiger partial charge in [-0.2, -0.15) is 14.8 Å². The molecule has 7 rings (SSSR count).